The zero-order chi connectivity index (χ0) is 46.6. The van der Waals surface area contributed by atoms with Gasteiger partial charge in [0.15, 0.2) is 6.08 Å². The summed E-state index contributed by atoms with van der Waals surface area (Å²) in [7, 11) is 0. The second-order valence-electron chi connectivity index (χ2n) is 10.5. The first-order valence-corrected chi connectivity index (χ1v) is 16.5. The fourth-order valence-electron chi connectivity index (χ4n) is 3.21. The molecule has 57 heavy (non-hydrogen) atoms. The zero-order valence-corrected chi connectivity index (χ0v) is 32.6. The molecule has 0 bridgehead atoms. The number of nitrogens with one attached hydrogen (secondary N) is 1. The van der Waals surface area contributed by atoms with E-state index in [1.54, 1.807) is 16.1 Å². The van der Waals surface area contributed by atoms with Gasteiger partial charge in [-0.25, -0.2) is 17.6 Å². The van der Waals surface area contributed by atoms with Crippen LogP contribution in [-0.2, 0) is 0 Å². The molecule has 1 nitrogen and oxygen atoms in total. The van der Waals surface area contributed by atoms with Gasteiger partial charge >= 0.3 is 73.5 Å². The van der Waals surface area contributed by atoms with Crippen LogP contribution in [0.15, 0.2) is 6.08 Å². The Bertz CT molecular complexity index is 1080. The van der Waals surface area contributed by atoms with E-state index < -0.39 is 119 Å². The topological polar surface area (TPSA) is 23.9 Å². The van der Waals surface area contributed by atoms with Gasteiger partial charge in [-0.2, -0.15) is 105 Å². The zero-order valence-electron chi connectivity index (χ0n) is 27.1. The Balaban J connectivity index is -0.000000254. The van der Waals surface area contributed by atoms with Crippen molar-refractivity contribution in [1.29, 1.82) is 4.35 Å². The van der Waals surface area contributed by atoms with E-state index in [2.05, 4.69) is 0 Å². The molecule has 0 saturated heterocycles. The van der Waals surface area contributed by atoms with Crippen LogP contribution < -0.4 is 0 Å². The van der Waals surface area contributed by atoms with Gasteiger partial charge in [0.25, 0.3) is 17.0 Å². The van der Waals surface area contributed by atoms with Crippen molar-refractivity contribution in [1.82, 2.24) is 0 Å². The van der Waals surface area contributed by atoms with Crippen molar-refractivity contribution in [2.75, 3.05) is 0 Å². The Morgan fingerprint density at radius 1 is 0.439 bits per heavy atom. The third kappa shape index (κ3) is 19.0. The van der Waals surface area contributed by atoms with Crippen molar-refractivity contribution in [2.24, 2.45) is 0 Å². The van der Waals surface area contributed by atoms with Crippen molar-refractivity contribution < 1.29 is 123 Å². The van der Waals surface area contributed by atoms with Gasteiger partial charge in [0.2, 0.25) is 6.58 Å². The number of unbranched alkanes of at least 4 members (excludes halogenated alkanes) is 3. The molecule has 338 valence electrons. The van der Waals surface area contributed by atoms with Gasteiger partial charge in [-0.15, -0.1) is 0 Å². The van der Waals surface area contributed by atoms with Crippen molar-refractivity contribution in [2.45, 2.75) is 132 Å². The van der Waals surface area contributed by atoms with Crippen LogP contribution >= 0.6 is 45.2 Å². The quantitative estimate of drug-likeness (QED) is 0.0503. The molecule has 0 heterocycles. The molecule has 4 radical (unpaired) electrons. The molecule has 0 fully saturated rings. The fourth-order valence-corrected chi connectivity index (χ4v) is 4.26. The van der Waals surface area contributed by atoms with Gasteiger partial charge in [0, 0.05) is 25.2 Å². The fraction of sp³-hybridized carbons (Fsp3) is 0.917. The Morgan fingerprint density at radius 3 is 0.877 bits per heavy atom. The van der Waals surface area contributed by atoms with Crippen LogP contribution in [-0.4, -0.2) is 98.5 Å². The molecule has 0 spiro atoms. The van der Waals surface area contributed by atoms with Crippen molar-refractivity contribution in [3.8, 4) is 0 Å². The summed E-state index contributed by atoms with van der Waals surface area (Å²) < 4.78 is 337. The van der Waals surface area contributed by atoms with Gasteiger partial charge in [-0.1, -0.05) is 29.0 Å². The minimum absolute atomic E-state index is 0. The normalized spacial score (nSPS) is 14.7. The number of hydrogen-bond acceptors (Lipinski definition) is 1. The first-order chi connectivity index (χ1) is 24.2. The number of allylic oxidation sites excluding steroid dienone is 1. The SMILES string of the molecule is FC(F)(F)C(F)(CCCCC(I)CC(F)(C(F)(F)F)C(F)(F)F)C(F)(F)F.FC(F)(F)C(F)(I)C(F)(F)F.[B].[CH+]=CCCCCC(F)(C(F)(F)F)C(F)(F)F.[NH]=[Al]. The molecule has 1 N–H and O–H groups in total. The van der Waals surface area contributed by atoms with Crippen LogP contribution in [0.2, 0.25) is 0 Å². The maximum atomic E-state index is 13.5. The Hall–Kier alpha value is -0.453. The standard InChI is InChI=1S/C12H11F14I.C9H10F7.C3F7I.Al.B.HN/c13-7(9(15,16)17,10(18,19)20)4-2-1-3-6(27)5-8(14,11(21,22)23)12(24,25)26;1-2-3-4-5-6-7(10,8(11,12)13)9(14,15)16;4-1(11,2(5,6)7)3(8,9)10;;;/h6H,1-5H2;1-2H,3-6H2;;;;1H/q;+1;;;;. The Kier molecular flexibility index (Phi) is 26.6. The molecule has 0 aliphatic rings. The molecular formula is C24H22AlBF28I2N+. The van der Waals surface area contributed by atoms with E-state index in [9.17, 15) is 123 Å². The maximum absolute atomic E-state index is 13.5. The van der Waals surface area contributed by atoms with Gasteiger partial charge < -0.3 is 0 Å². The molecule has 1 unspecified atom stereocenters. The summed E-state index contributed by atoms with van der Waals surface area (Å²) in [5.74, 6) is 0. The van der Waals surface area contributed by atoms with Crippen LogP contribution in [0.25, 0.3) is 0 Å². The first-order valence-electron chi connectivity index (χ1n) is 13.6. The summed E-state index contributed by atoms with van der Waals surface area (Å²) in [6.07, 6.45) is -56.9. The van der Waals surface area contributed by atoms with Crippen molar-refractivity contribution >= 4 is 69.7 Å². The molecule has 0 aliphatic heterocycles. The van der Waals surface area contributed by atoms with Crippen LogP contribution in [0.3, 0.4) is 0 Å². The minimum atomic E-state index is -6.32. The van der Waals surface area contributed by atoms with Crippen LogP contribution in [0.5, 0.6) is 0 Å². The summed E-state index contributed by atoms with van der Waals surface area (Å²) >= 11 is 2.30. The molecule has 0 aromatic heterocycles. The number of alkyl halides is 30. The Labute approximate surface area is 340 Å². The number of rotatable bonds is 12. The average molecular weight is 1150 g/mol. The van der Waals surface area contributed by atoms with Gasteiger partial charge in [-0.05, 0) is 61.1 Å². The van der Waals surface area contributed by atoms with Crippen molar-refractivity contribution in [3.05, 3.63) is 12.7 Å². The van der Waals surface area contributed by atoms with E-state index in [1.807, 2.05) is 0 Å². The number of halogens is 30. The van der Waals surface area contributed by atoms with Gasteiger partial charge in [-0.3, -0.25) is 0 Å². The number of hydrogen-bond donors (Lipinski definition) is 1. The summed E-state index contributed by atoms with van der Waals surface area (Å²) in [4.78, 5) is 0. The third-order valence-electron chi connectivity index (χ3n) is 6.34. The van der Waals surface area contributed by atoms with Crippen LogP contribution in [0.1, 0.15) is 57.8 Å². The molecule has 1 atom stereocenters. The first kappa shape index (κ1) is 65.7. The predicted octanol–water partition coefficient (Wildman–Crippen LogP) is 14.5. The van der Waals surface area contributed by atoms with E-state index in [0.29, 0.717) is 0 Å². The van der Waals surface area contributed by atoms with E-state index in [-0.39, 0.29) is 43.8 Å². The summed E-state index contributed by atoms with van der Waals surface area (Å²) in [5.41, 5.74) is -16.3. The predicted molar refractivity (Wildman–Crippen MR) is 160 cm³/mol. The molecule has 0 rings (SSSR count). The molecule has 0 saturated carbocycles. The molecule has 0 aromatic rings. The van der Waals surface area contributed by atoms with E-state index >= 15 is 0 Å². The summed E-state index contributed by atoms with van der Waals surface area (Å²) in [6, 6.07) is 0. The van der Waals surface area contributed by atoms with E-state index in [0.717, 1.165) is 28.7 Å². The molecule has 33 heteroatoms. The van der Waals surface area contributed by atoms with E-state index in [4.69, 9.17) is 10.9 Å². The van der Waals surface area contributed by atoms with Crippen molar-refractivity contribution in [3.63, 3.8) is 0 Å². The summed E-state index contributed by atoms with van der Waals surface area (Å²) in [5, 5.41) is 0. The second-order valence-corrected chi connectivity index (χ2v) is 13.7. The molecule has 0 aliphatic carbocycles. The summed E-state index contributed by atoms with van der Waals surface area (Å²) in [6.45, 7) is 4.89. The molecule has 0 amide bonds. The molecule has 0 aromatic carbocycles. The second kappa shape index (κ2) is 23.1. The van der Waals surface area contributed by atoms with Crippen LogP contribution in [0, 0.1) is 10.9 Å². The Morgan fingerprint density at radius 2 is 0.684 bits per heavy atom. The van der Waals surface area contributed by atoms with Crippen LogP contribution in [0.4, 0.5) is 123 Å². The third-order valence-corrected chi connectivity index (χ3v) is 8.63. The van der Waals surface area contributed by atoms with E-state index in [1.165, 1.54) is 0 Å². The van der Waals surface area contributed by atoms with Gasteiger partial charge in [0.05, 0.1) is 0 Å². The average Bonchev–Trinajstić information content (AvgIpc) is 2.94. The monoisotopic (exact) mass is 1150 g/mol. The molecular weight excluding hydrogens is 1130 g/mol. The van der Waals surface area contributed by atoms with Gasteiger partial charge in [0.1, 0.15) is 0 Å².